The van der Waals surface area contributed by atoms with Crippen LogP contribution in [0.1, 0.15) is 22.3 Å². The van der Waals surface area contributed by atoms with Crippen LogP contribution in [0.2, 0.25) is 0 Å². The molecule has 27 heavy (non-hydrogen) atoms. The van der Waals surface area contributed by atoms with E-state index in [-0.39, 0.29) is 12.5 Å². The Morgan fingerprint density at radius 3 is 2.67 bits per heavy atom. The van der Waals surface area contributed by atoms with E-state index in [0.29, 0.717) is 12.3 Å². The highest BCUT2D eigenvalue weighted by Gasteiger charge is 2.03. The second-order valence-electron chi connectivity index (χ2n) is 6.36. The van der Waals surface area contributed by atoms with Crippen molar-refractivity contribution < 1.29 is 9.53 Å². The number of nitrogens with one attached hydrogen (secondary N) is 1. The van der Waals surface area contributed by atoms with Gasteiger partial charge in [-0.25, -0.2) is 5.43 Å². The van der Waals surface area contributed by atoms with E-state index in [1.54, 1.807) is 12.4 Å². The van der Waals surface area contributed by atoms with E-state index in [9.17, 15) is 4.79 Å². The maximum Gasteiger partial charge on any atom is 0.277 e. The molecule has 2 aromatic carbocycles. The molecule has 0 radical (unpaired) electrons. The summed E-state index contributed by atoms with van der Waals surface area (Å²) >= 11 is 0. The van der Waals surface area contributed by atoms with Gasteiger partial charge < -0.3 is 4.74 Å². The summed E-state index contributed by atoms with van der Waals surface area (Å²) in [7, 11) is 0. The third-order valence-corrected chi connectivity index (χ3v) is 3.81. The summed E-state index contributed by atoms with van der Waals surface area (Å²) in [6.45, 7) is 4.57. The summed E-state index contributed by atoms with van der Waals surface area (Å²) in [5.41, 5.74) is 6.62. The van der Waals surface area contributed by atoms with Gasteiger partial charge in [-0.05, 0) is 42.7 Å². The normalized spacial score (nSPS) is 10.9. The van der Waals surface area contributed by atoms with Crippen molar-refractivity contribution in [1.82, 2.24) is 15.2 Å². The van der Waals surface area contributed by atoms with E-state index in [0.717, 1.165) is 16.7 Å². The van der Waals surface area contributed by atoms with E-state index in [1.165, 1.54) is 5.56 Å². The molecule has 3 aromatic rings. The van der Waals surface area contributed by atoms with Crippen molar-refractivity contribution in [1.29, 1.82) is 0 Å². The van der Waals surface area contributed by atoms with E-state index >= 15 is 0 Å². The van der Waals surface area contributed by atoms with Crippen molar-refractivity contribution in [3.63, 3.8) is 0 Å². The second kappa shape index (κ2) is 8.80. The van der Waals surface area contributed by atoms with E-state index < -0.39 is 0 Å². The smallest absolute Gasteiger partial charge is 0.277 e. The lowest BCUT2D eigenvalue weighted by Gasteiger charge is -2.07. The van der Waals surface area contributed by atoms with E-state index in [4.69, 9.17) is 4.74 Å². The Balaban J connectivity index is 1.46. The molecule has 6 nitrogen and oxygen atoms in total. The number of carbonyl (C=O) groups excluding carboxylic acids is 1. The van der Waals surface area contributed by atoms with Gasteiger partial charge in [-0.2, -0.15) is 10.2 Å². The Morgan fingerprint density at radius 1 is 1.19 bits per heavy atom. The average Bonchev–Trinajstić information content (AvgIpc) is 3.07. The first-order valence-corrected chi connectivity index (χ1v) is 8.68. The Hall–Kier alpha value is -3.41. The van der Waals surface area contributed by atoms with Gasteiger partial charge in [0.05, 0.1) is 19.0 Å². The van der Waals surface area contributed by atoms with Crippen LogP contribution in [-0.4, -0.2) is 28.5 Å². The van der Waals surface area contributed by atoms with Crippen LogP contribution in [0.5, 0.6) is 5.75 Å². The van der Waals surface area contributed by atoms with Gasteiger partial charge in [0.1, 0.15) is 5.75 Å². The van der Waals surface area contributed by atoms with Crippen LogP contribution >= 0.6 is 0 Å². The minimum absolute atomic E-state index is 0.0898. The quantitative estimate of drug-likeness (QED) is 0.519. The zero-order valence-electron chi connectivity index (χ0n) is 15.4. The molecule has 0 fully saturated rings. The maximum atomic E-state index is 11.9. The molecule has 0 atom stereocenters. The number of amides is 1. The first-order chi connectivity index (χ1) is 13.1. The van der Waals surface area contributed by atoms with Crippen molar-refractivity contribution in [2.75, 3.05) is 6.61 Å². The maximum absolute atomic E-state index is 11.9. The highest BCUT2D eigenvalue weighted by atomic mass is 16.5. The Bertz CT molecular complexity index is 912. The number of aromatic nitrogens is 2. The van der Waals surface area contributed by atoms with Crippen LogP contribution in [-0.2, 0) is 11.3 Å². The number of hydrazone groups is 1. The molecule has 0 unspecified atom stereocenters. The third kappa shape index (κ3) is 5.81. The SMILES string of the molecule is Cc1cc(C)cc(OCC(=O)N/N=C\c2cnn(Cc3ccccc3)c2)c1. The van der Waals surface area contributed by atoms with Gasteiger partial charge in [-0.1, -0.05) is 36.4 Å². The third-order valence-electron chi connectivity index (χ3n) is 3.81. The van der Waals surface area contributed by atoms with Crippen molar-refractivity contribution >= 4 is 12.1 Å². The predicted molar refractivity (Wildman–Crippen MR) is 105 cm³/mol. The van der Waals surface area contributed by atoms with Crippen LogP contribution in [0.4, 0.5) is 0 Å². The minimum atomic E-state index is -0.318. The number of carbonyl (C=O) groups is 1. The Labute approximate surface area is 158 Å². The lowest BCUT2D eigenvalue weighted by Crippen LogP contribution is -2.24. The van der Waals surface area contributed by atoms with Gasteiger partial charge in [-0.15, -0.1) is 0 Å². The van der Waals surface area contributed by atoms with E-state index in [2.05, 4.69) is 21.7 Å². The molecule has 1 amide bonds. The summed E-state index contributed by atoms with van der Waals surface area (Å²) < 4.78 is 7.32. The van der Waals surface area contributed by atoms with Crippen molar-refractivity contribution in [3.05, 3.63) is 83.2 Å². The summed E-state index contributed by atoms with van der Waals surface area (Å²) in [6.07, 6.45) is 5.13. The number of ether oxygens (including phenoxy) is 1. The Kier molecular flexibility index (Phi) is 5.99. The molecule has 0 saturated heterocycles. The number of rotatable bonds is 7. The molecule has 0 bridgehead atoms. The first kappa shape index (κ1) is 18.4. The van der Waals surface area contributed by atoms with Gasteiger partial charge in [0.2, 0.25) is 0 Å². The highest BCUT2D eigenvalue weighted by molar-refractivity contribution is 5.82. The van der Waals surface area contributed by atoms with Crippen LogP contribution < -0.4 is 10.2 Å². The first-order valence-electron chi connectivity index (χ1n) is 8.68. The van der Waals surface area contributed by atoms with Gasteiger partial charge >= 0.3 is 0 Å². The molecule has 0 aliphatic rings. The lowest BCUT2D eigenvalue weighted by molar-refractivity contribution is -0.123. The number of aryl methyl sites for hydroxylation is 2. The monoisotopic (exact) mass is 362 g/mol. The minimum Gasteiger partial charge on any atom is -0.484 e. The fourth-order valence-electron chi connectivity index (χ4n) is 2.68. The highest BCUT2D eigenvalue weighted by Crippen LogP contribution is 2.15. The van der Waals surface area contributed by atoms with Gasteiger partial charge in [0, 0.05) is 11.8 Å². The fourth-order valence-corrected chi connectivity index (χ4v) is 2.68. The number of nitrogens with zero attached hydrogens (tertiary/aromatic N) is 3. The zero-order chi connectivity index (χ0) is 19.1. The van der Waals surface area contributed by atoms with Crippen LogP contribution in [0.15, 0.2) is 66.0 Å². The summed E-state index contributed by atoms with van der Waals surface area (Å²) in [5, 5.41) is 8.24. The molecule has 0 spiro atoms. The van der Waals surface area contributed by atoms with Crippen molar-refractivity contribution in [3.8, 4) is 5.75 Å². The zero-order valence-corrected chi connectivity index (χ0v) is 15.4. The van der Waals surface area contributed by atoms with Crippen molar-refractivity contribution in [2.45, 2.75) is 20.4 Å². The molecule has 1 heterocycles. The lowest BCUT2D eigenvalue weighted by atomic mass is 10.1. The summed E-state index contributed by atoms with van der Waals surface area (Å²) in [4.78, 5) is 11.9. The fraction of sp³-hybridized carbons (Fsp3) is 0.190. The standard InChI is InChI=1S/C21H22N4O2/c1-16-8-17(2)10-20(9-16)27-15-21(26)24-22-11-19-12-23-25(14-19)13-18-6-4-3-5-7-18/h3-12,14H,13,15H2,1-2H3,(H,24,26)/b22-11-. The van der Waals surface area contributed by atoms with Crippen LogP contribution in [0.25, 0.3) is 0 Å². The molecule has 0 aliphatic carbocycles. The number of benzene rings is 2. The van der Waals surface area contributed by atoms with Crippen LogP contribution in [0, 0.1) is 13.8 Å². The topological polar surface area (TPSA) is 68.5 Å². The predicted octanol–water partition coefficient (Wildman–Crippen LogP) is 3.08. The molecule has 0 aliphatic heterocycles. The summed E-state index contributed by atoms with van der Waals surface area (Å²) in [5.74, 6) is 0.357. The van der Waals surface area contributed by atoms with Gasteiger partial charge in [0.25, 0.3) is 5.91 Å². The molecular formula is C21H22N4O2. The molecule has 1 aromatic heterocycles. The molecule has 138 valence electrons. The largest absolute Gasteiger partial charge is 0.484 e. The molecule has 3 rings (SSSR count). The Morgan fingerprint density at radius 2 is 1.93 bits per heavy atom. The van der Waals surface area contributed by atoms with Gasteiger partial charge in [-0.3, -0.25) is 9.48 Å². The van der Waals surface area contributed by atoms with Crippen molar-refractivity contribution in [2.24, 2.45) is 5.10 Å². The van der Waals surface area contributed by atoms with E-state index in [1.807, 2.05) is 67.2 Å². The average molecular weight is 362 g/mol. The second-order valence-corrected chi connectivity index (χ2v) is 6.36. The molecular weight excluding hydrogens is 340 g/mol. The number of hydrogen-bond donors (Lipinski definition) is 1. The number of hydrogen-bond acceptors (Lipinski definition) is 4. The molecule has 0 saturated carbocycles. The molecule has 6 heteroatoms. The summed E-state index contributed by atoms with van der Waals surface area (Å²) in [6, 6.07) is 15.9. The van der Waals surface area contributed by atoms with Gasteiger partial charge in [0.15, 0.2) is 6.61 Å². The molecule has 1 N–H and O–H groups in total. The van der Waals surface area contributed by atoms with Crippen LogP contribution in [0.3, 0.4) is 0 Å².